The van der Waals surface area contributed by atoms with Crippen molar-refractivity contribution >= 4 is 7.05 Å². The molecule has 1 heterocycles. The van der Waals surface area contributed by atoms with Gasteiger partial charge in [-0.15, -0.1) is 0 Å². The van der Waals surface area contributed by atoms with Crippen molar-refractivity contribution in [3.8, 4) is 0 Å². The quantitative estimate of drug-likeness (QED) is 0.453. The van der Waals surface area contributed by atoms with E-state index in [9.17, 15) is 0 Å². The van der Waals surface area contributed by atoms with Crippen molar-refractivity contribution < 1.29 is 5.02 Å². The molecule has 0 spiro atoms. The summed E-state index contributed by atoms with van der Waals surface area (Å²) in [6.07, 6.45) is 2.03. The van der Waals surface area contributed by atoms with Crippen LogP contribution in [0.4, 0.5) is 0 Å². The summed E-state index contributed by atoms with van der Waals surface area (Å²) >= 11 is 0. The van der Waals surface area contributed by atoms with E-state index >= 15 is 0 Å². The molecule has 0 aromatic carbocycles. The Balaban J connectivity index is 2.54. The monoisotopic (exact) mass is 125 g/mol. The summed E-state index contributed by atoms with van der Waals surface area (Å²) in [5.74, 6) is 2.32. The first kappa shape index (κ1) is 6.84. The summed E-state index contributed by atoms with van der Waals surface area (Å²) in [5.41, 5.74) is 0. The highest BCUT2D eigenvalue weighted by atomic mass is 16.2. The van der Waals surface area contributed by atoms with Crippen LogP contribution in [-0.2, 0) is 0 Å². The predicted molar refractivity (Wildman–Crippen MR) is 38.9 cm³/mol. The van der Waals surface area contributed by atoms with Crippen LogP contribution in [0.15, 0.2) is 12.1 Å². The lowest BCUT2D eigenvalue weighted by atomic mass is 9.76. The molecule has 50 valence electrons. The molecule has 1 aliphatic rings. The minimum atomic E-state index is -0.434. The molecule has 1 rings (SSSR count). The molecule has 3 heteroatoms. The molecule has 0 aliphatic carbocycles. The molecule has 1 aliphatic heterocycles. The molecule has 0 bridgehead atoms. The Morgan fingerprint density at radius 2 is 2.22 bits per heavy atom. The third kappa shape index (κ3) is 1.56. The fraction of sp³-hybridized carbons (Fsp3) is 0.667. The number of hydrogen-bond donors (Lipinski definition) is 2. The fourth-order valence-electron chi connectivity index (χ4n) is 0.924. The van der Waals surface area contributed by atoms with Crippen LogP contribution in [0.25, 0.3) is 0 Å². The van der Waals surface area contributed by atoms with Gasteiger partial charge in [-0.2, -0.15) is 0 Å². The van der Waals surface area contributed by atoms with Crippen LogP contribution in [0.5, 0.6) is 0 Å². The summed E-state index contributed by atoms with van der Waals surface area (Å²) in [4.78, 5) is 0. The van der Waals surface area contributed by atoms with Crippen molar-refractivity contribution in [1.29, 1.82) is 0 Å². The highest BCUT2D eigenvalue weighted by molar-refractivity contribution is 6.53. The standard InChI is InChI=1S/C6H12BNO/c1-5-3-4-7(9)8-6(5)2/h3-6,8-9H,1-2H3. The minimum absolute atomic E-state index is 0.394. The van der Waals surface area contributed by atoms with Gasteiger partial charge in [0.05, 0.1) is 0 Å². The SMILES string of the molecule is CC1C=CB(O)NC1C. The second-order valence-electron chi connectivity index (χ2n) is 2.64. The highest BCUT2D eigenvalue weighted by Gasteiger charge is 2.19. The van der Waals surface area contributed by atoms with Crippen LogP contribution in [0.2, 0.25) is 0 Å². The largest absolute Gasteiger partial charge is 0.434 e. The number of hydrogen-bond acceptors (Lipinski definition) is 2. The van der Waals surface area contributed by atoms with Gasteiger partial charge in [0.2, 0.25) is 0 Å². The maximum Gasteiger partial charge on any atom is 0.405 e. The second kappa shape index (κ2) is 2.54. The van der Waals surface area contributed by atoms with Crippen molar-refractivity contribution in [1.82, 2.24) is 5.23 Å². The van der Waals surface area contributed by atoms with Crippen LogP contribution < -0.4 is 5.23 Å². The van der Waals surface area contributed by atoms with Crippen molar-refractivity contribution in [2.75, 3.05) is 0 Å². The molecule has 0 saturated heterocycles. The maximum absolute atomic E-state index is 9.00. The average molecular weight is 125 g/mol. The van der Waals surface area contributed by atoms with Crippen LogP contribution in [0.3, 0.4) is 0 Å². The molecule has 9 heavy (non-hydrogen) atoms. The summed E-state index contributed by atoms with van der Waals surface area (Å²) in [6, 6.07) is 0.394. The molecule has 2 atom stereocenters. The Hall–Kier alpha value is -0.275. The van der Waals surface area contributed by atoms with Crippen molar-refractivity contribution in [2.45, 2.75) is 19.9 Å². The van der Waals surface area contributed by atoms with E-state index < -0.39 is 7.05 Å². The third-order valence-corrected chi connectivity index (χ3v) is 1.82. The zero-order valence-corrected chi connectivity index (χ0v) is 5.83. The smallest absolute Gasteiger partial charge is 0.405 e. The van der Waals surface area contributed by atoms with E-state index in [4.69, 9.17) is 5.02 Å². The molecule has 0 amide bonds. The van der Waals surface area contributed by atoms with Gasteiger partial charge in [-0.25, -0.2) is 0 Å². The van der Waals surface area contributed by atoms with E-state index in [0.717, 1.165) is 0 Å². The summed E-state index contributed by atoms with van der Waals surface area (Å²) < 4.78 is 0. The highest BCUT2D eigenvalue weighted by Crippen LogP contribution is 2.08. The Bertz CT molecular complexity index is 126. The van der Waals surface area contributed by atoms with Crippen LogP contribution in [0.1, 0.15) is 13.8 Å². The first-order chi connectivity index (χ1) is 4.20. The average Bonchev–Trinajstić information content (AvgIpc) is 1.80. The van der Waals surface area contributed by atoms with Gasteiger partial charge in [-0.1, -0.05) is 25.9 Å². The van der Waals surface area contributed by atoms with E-state index in [1.807, 2.05) is 6.08 Å². The van der Waals surface area contributed by atoms with E-state index in [-0.39, 0.29) is 0 Å². The van der Waals surface area contributed by atoms with Gasteiger partial charge in [0.25, 0.3) is 0 Å². The van der Waals surface area contributed by atoms with E-state index in [1.54, 1.807) is 5.98 Å². The molecule has 0 saturated carbocycles. The van der Waals surface area contributed by atoms with Crippen molar-refractivity contribution in [3.05, 3.63) is 12.1 Å². The molecule has 2 unspecified atom stereocenters. The Labute approximate surface area is 56.1 Å². The topological polar surface area (TPSA) is 32.3 Å². The molecule has 0 aromatic rings. The van der Waals surface area contributed by atoms with E-state index in [0.29, 0.717) is 12.0 Å². The van der Waals surface area contributed by atoms with Gasteiger partial charge < -0.3 is 10.3 Å². The summed E-state index contributed by atoms with van der Waals surface area (Å²) in [6.45, 7) is 4.19. The first-order valence-corrected chi connectivity index (χ1v) is 3.32. The van der Waals surface area contributed by atoms with Gasteiger partial charge in [-0.05, 0) is 5.92 Å². The number of nitrogens with one attached hydrogen (secondary N) is 1. The lowest BCUT2D eigenvalue weighted by Crippen LogP contribution is -2.45. The summed E-state index contributed by atoms with van der Waals surface area (Å²) in [5, 5.41) is 12.0. The number of rotatable bonds is 0. The van der Waals surface area contributed by atoms with Crippen LogP contribution in [-0.4, -0.2) is 18.1 Å². The molecule has 2 N–H and O–H groups in total. The Morgan fingerprint density at radius 3 is 2.67 bits per heavy atom. The molecule has 0 radical (unpaired) electrons. The zero-order valence-electron chi connectivity index (χ0n) is 5.83. The summed E-state index contributed by atoms with van der Waals surface area (Å²) in [7, 11) is -0.434. The Kier molecular flexibility index (Phi) is 1.93. The van der Waals surface area contributed by atoms with Crippen LogP contribution >= 0.6 is 0 Å². The van der Waals surface area contributed by atoms with Gasteiger partial charge in [0, 0.05) is 6.04 Å². The first-order valence-electron chi connectivity index (χ1n) is 3.32. The van der Waals surface area contributed by atoms with Gasteiger partial charge in [-0.3, -0.25) is 0 Å². The van der Waals surface area contributed by atoms with Crippen molar-refractivity contribution in [3.63, 3.8) is 0 Å². The third-order valence-electron chi connectivity index (χ3n) is 1.82. The van der Waals surface area contributed by atoms with Gasteiger partial charge >= 0.3 is 7.05 Å². The van der Waals surface area contributed by atoms with Gasteiger partial charge in [0.15, 0.2) is 0 Å². The molecular formula is C6H12BNO. The molecule has 0 fully saturated rings. The molecule has 2 nitrogen and oxygen atoms in total. The van der Waals surface area contributed by atoms with Gasteiger partial charge in [0.1, 0.15) is 0 Å². The van der Waals surface area contributed by atoms with Crippen LogP contribution in [0, 0.1) is 5.92 Å². The van der Waals surface area contributed by atoms with Crippen molar-refractivity contribution in [2.24, 2.45) is 5.92 Å². The predicted octanol–water partition coefficient (Wildman–Crippen LogP) is 0.190. The molecular weight excluding hydrogens is 113 g/mol. The second-order valence-corrected chi connectivity index (χ2v) is 2.64. The minimum Gasteiger partial charge on any atom is -0.434 e. The fourth-order valence-corrected chi connectivity index (χ4v) is 0.924. The zero-order chi connectivity index (χ0) is 6.85. The lowest BCUT2D eigenvalue weighted by Gasteiger charge is -2.23. The maximum atomic E-state index is 9.00. The molecule has 0 aromatic heterocycles. The van der Waals surface area contributed by atoms with E-state index in [1.165, 1.54) is 0 Å². The Morgan fingerprint density at radius 1 is 1.56 bits per heavy atom. The lowest BCUT2D eigenvalue weighted by molar-refractivity contribution is 0.472. The normalized spacial score (nSPS) is 35.2. The van der Waals surface area contributed by atoms with E-state index in [2.05, 4.69) is 19.1 Å².